The lowest BCUT2D eigenvalue weighted by molar-refractivity contribution is 0.102. The lowest BCUT2D eigenvalue weighted by atomic mass is 9.87. The van der Waals surface area contributed by atoms with E-state index < -0.39 is 0 Å². The van der Waals surface area contributed by atoms with Crippen molar-refractivity contribution in [2.24, 2.45) is 0 Å². The van der Waals surface area contributed by atoms with Gasteiger partial charge < -0.3 is 16.0 Å². The Morgan fingerprint density at radius 1 is 1.08 bits per heavy atom. The average molecular weight is 368 g/mol. The Bertz CT molecular complexity index is 792. The molecule has 0 aliphatic heterocycles. The summed E-state index contributed by atoms with van der Waals surface area (Å²) in [6, 6.07) is 15.1. The van der Waals surface area contributed by atoms with Crippen LogP contribution >= 0.6 is 12.2 Å². The molecule has 0 radical (unpaired) electrons. The molecule has 0 atom stereocenters. The predicted octanol–water partition coefficient (Wildman–Crippen LogP) is 4.71. The van der Waals surface area contributed by atoms with Crippen LogP contribution in [0.25, 0.3) is 0 Å². The van der Waals surface area contributed by atoms with Crippen molar-refractivity contribution in [2.75, 3.05) is 17.2 Å². The molecular weight excluding hydrogens is 342 g/mol. The van der Waals surface area contributed by atoms with Gasteiger partial charge in [0.2, 0.25) is 0 Å². The summed E-state index contributed by atoms with van der Waals surface area (Å²) in [6.45, 7) is 10.7. The van der Waals surface area contributed by atoms with Crippen molar-refractivity contribution in [3.05, 3.63) is 72.3 Å². The Hall–Kier alpha value is -2.66. The Morgan fingerprint density at radius 3 is 2.27 bits per heavy atom. The fourth-order valence-corrected chi connectivity index (χ4v) is 2.54. The third kappa shape index (κ3) is 5.70. The molecule has 136 valence electrons. The van der Waals surface area contributed by atoms with E-state index in [1.165, 1.54) is 5.56 Å². The average Bonchev–Trinajstić information content (AvgIpc) is 2.59. The lowest BCUT2D eigenvalue weighted by Gasteiger charge is -2.19. The van der Waals surface area contributed by atoms with E-state index in [1.54, 1.807) is 6.08 Å². The molecule has 0 fully saturated rings. The minimum atomic E-state index is -0.144. The Labute approximate surface area is 160 Å². The quantitative estimate of drug-likeness (QED) is 0.529. The van der Waals surface area contributed by atoms with Gasteiger partial charge >= 0.3 is 0 Å². The second kappa shape index (κ2) is 8.63. The van der Waals surface area contributed by atoms with Gasteiger partial charge in [0.25, 0.3) is 5.91 Å². The van der Waals surface area contributed by atoms with Crippen molar-refractivity contribution in [3.8, 4) is 0 Å². The standard InChI is InChI=1S/C21H25N3OS/c1-5-13-22-20(26)24-18-8-6-7-17(14-18)23-19(25)15-9-11-16(12-10-15)21(2,3)4/h5-12,14H,1,13H2,2-4H3,(H,23,25)(H2,22,24,26). The largest absolute Gasteiger partial charge is 0.359 e. The van der Waals surface area contributed by atoms with Crippen molar-refractivity contribution < 1.29 is 4.79 Å². The molecule has 0 saturated heterocycles. The van der Waals surface area contributed by atoms with Crippen LogP contribution in [0, 0.1) is 0 Å². The number of rotatable bonds is 5. The molecule has 2 rings (SSSR count). The molecule has 0 unspecified atom stereocenters. The molecule has 2 aromatic carbocycles. The van der Waals surface area contributed by atoms with Crippen LogP contribution in [0.3, 0.4) is 0 Å². The third-order valence-corrected chi connectivity index (χ3v) is 4.04. The highest BCUT2D eigenvalue weighted by Gasteiger charge is 2.14. The number of nitrogens with one attached hydrogen (secondary N) is 3. The highest BCUT2D eigenvalue weighted by atomic mass is 32.1. The van der Waals surface area contributed by atoms with Crippen LogP contribution in [0.2, 0.25) is 0 Å². The zero-order chi connectivity index (χ0) is 19.2. The number of carbonyl (C=O) groups excluding carboxylic acids is 1. The molecule has 0 heterocycles. The van der Waals surface area contributed by atoms with E-state index in [0.29, 0.717) is 22.9 Å². The first kappa shape index (κ1) is 19.7. The summed E-state index contributed by atoms with van der Waals surface area (Å²) in [6.07, 6.45) is 1.73. The van der Waals surface area contributed by atoms with Crippen LogP contribution in [0.15, 0.2) is 61.2 Å². The van der Waals surface area contributed by atoms with E-state index in [0.717, 1.165) is 5.69 Å². The van der Waals surface area contributed by atoms with E-state index >= 15 is 0 Å². The molecule has 0 spiro atoms. The lowest BCUT2D eigenvalue weighted by Crippen LogP contribution is -2.28. The van der Waals surface area contributed by atoms with E-state index in [9.17, 15) is 4.79 Å². The first-order valence-corrected chi connectivity index (χ1v) is 8.88. The summed E-state index contributed by atoms with van der Waals surface area (Å²) in [5, 5.41) is 9.49. The molecule has 1 amide bonds. The zero-order valence-electron chi connectivity index (χ0n) is 15.4. The number of thiocarbonyl (C=S) groups is 1. The van der Waals surface area contributed by atoms with Crippen LogP contribution in [-0.4, -0.2) is 17.6 Å². The molecule has 5 heteroatoms. The molecule has 0 aliphatic carbocycles. The summed E-state index contributed by atoms with van der Waals surface area (Å²) in [5.41, 5.74) is 3.38. The van der Waals surface area contributed by atoms with E-state index in [1.807, 2.05) is 48.5 Å². The van der Waals surface area contributed by atoms with Gasteiger partial charge in [-0.05, 0) is 53.5 Å². The predicted molar refractivity (Wildman–Crippen MR) is 114 cm³/mol. The maximum Gasteiger partial charge on any atom is 0.255 e. The van der Waals surface area contributed by atoms with Crippen molar-refractivity contribution in [1.82, 2.24) is 5.32 Å². The molecular formula is C21H25N3OS. The fraction of sp³-hybridized carbons (Fsp3) is 0.238. The topological polar surface area (TPSA) is 53.2 Å². The highest BCUT2D eigenvalue weighted by Crippen LogP contribution is 2.22. The molecule has 0 aromatic heterocycles. The van der Waals surface area contributed by atoms with Crippen LogP contribution in [-0.2, 0) is 5.41 Å². The van der Waals surface area contributed by atoms with Crippen LogP contribution in [0.4, 0.5) is 11.4 Å². The molecule has 26 heavy (non-hydrogen) atoms. The monoisotopic (exact) mass is 367 g/mol. The van der Waals surface area contributed by atoms with Crippen molar-refractivity contribution in [1.29, 1.82) is 0 Å². The van der Waals surface area contributed by atoms with Gasteiger partial charge in [0.1, 0.15) is 0 Å². The summed E-state index contributed by atoms with van der Waals surface area (Å²) in [4.78, 5) is 12.5. The van der Waals surface area contributed by atoms with E-state index in [-0.39, 0.29) is 11.3 Å². The van der Waals surface area contributed by atoms with Gasteiger partial charge in [-0.15, -0.1) is 6.58 Å². The highest BCUT2D eigenvalue weighted by molar-refractivity contribution is 7.80. The molecule has 0 saturated carbocycles. The molecule has 4 nitrogen and oxygen atoms in total. The summed E-state index contributed by atoms with van der Waals surface area (Å²) < 4.78 is 0. The van der Waals surface area contributed by atoms with Crippen molar-refractivity contribution in [2.45, 2.75) is 26.2 Å². The number of carbonyl (C=O) groups is 1. The zero-order valence-corrected chi connectivity index (χ0v) is 16.2. The van der Waals surface area contributed by atoms with Gasteiger partial charge in [-0.3, -0.25) is 4.79 Å². The smallest absolute Gasteiger partial charge is 0.255 e. The maximum atomic E-state index is 12.5. The number of anilines is 2. The van der Waals surface area contributed by atoms with E-state index in [2.05, 4.69) is 43.3 Å². The van der Waals surface area contributed by atoms with Gasteiger partial charge in [0.05, 0.1) is 0 Å². The molecule has 2 aromatic rings. The molecule has 0 aliphatic rings. The van der Waals surface area contributed by atoms with Gasteiger partial charge in [-0.25, -0.2) is 0 Å². The maximum absolute atomic E-state index is 12.5. The van der Waals surface area contributed by atoms with Crippen molar-refractivity contribution >= 4 is 34.6 Å². The summed E-state index contributed by atoms with van der Waals surface area (Å²) in [7, 11) is 0. The number of amides is 1. The first-order valence-electron chi connectivity index (χ1n) is 8.47. The SMILES string of the molecule is C=CCNC(=S)Nc1cccc(NC(=O)c2ccc(C(C)(C)C)cc2)c1. The summed E-state index contributed by atoms with van der Waals surface area (Å²) in [5.74, 6) is -0.144. The minimum absolute atomic E-state index is 0.0626. The van der Waals surface area contributed by atoms with Gasteiger partial charge in [0.15, 0.2) is 5.11 Å². The van der Waals surface area contributed by atoms with Gasteiger partial charge in [0, 0.05) is 23.5 Å². The van der Waals surface area contributed by atoms with Crippen molar-refractivity contribution in [3.63, 3.8) is 0 Å². The Balaban J connectivity index is 2.04. The Morgan fingerprint density at radius 2 is 1.69 bits per heavy atom. The number of hydrogen-bond donors (Lipinski definition) is 3. The normalized spacial score (nSPS) is 10.7. The fourth-order valence-electron chi connectivity index (χ4n) is 2.34. The second-order valence-electron chi connectivity index (χ2n) is 6.99. The number of hydrogen-bond acceptors (Lipinski definition) is 2. The number of benzene rings is 2. The molecule has 0 bridgehead atoms. The van der Waals surface area contributed by atoms with Gasteiger partial charge in [-0.2, -0.15) is 0 Å². The minimum Gasteiger partial charge on any atom is -0.359 e. The van der Waals surface area contributed by atoms with E-state index in [4.69, 9.17) is 12.2 Å². The van der Waals surface area contributed by atoms with Crippen LogP contribution < -0.4 is 16.0 Å². The van der Waals surface area contributed by atoms with Gasteiger partial charge in [-0.1, -0.05) is 45.0 Å². The second-order valence-corrected chi connectivity index (χ2v) is 7.39. The third-order valence-electron chi connectivity index (χ3n) is 3.80. The Kier molecular flexibility index (Phi) is 6.52. The summed E-state index contributed by atoms with van der Waals surface area (Å²) >= 11 is 5.19. The van der Waals surface area contributed by atoms with Crippen LogP contribution in [0.1, 0.15) is 36.7 Å². The first-order chi connectivity index (χ1) is 12.3. The molecule has 3 N–H and O–H groups in total. The van der Waals surface area contributed by atoms with Crippen LogP contribution in [0.5, 0.6) is 0 Å².